The zero-order valence-electron chi connectivity index (χ0n) is 20.9. The number of amides is 1. The third-order valence-corrected chi connectivity index (χ3v) is 7.37. The van der Waals surface area contributed by atoms with E-state index < -0.39 is 17.3 Å². The molecule has 2 aliphatic carbocycles. The third-order valence-electron chi connectivity index (χ3n) is 7.37. The summed E-state index contributed by atoms with van der Waals surface area (Å²) >= 11 is 0. The lowest BCUT2D eigenvalue weighted by Crippen LogP contribution is -2.35. The van der Waals surface area contributed by atoms with Crippen LogP contribution in [0.5, 0.6) is 0 Å². The summed E-state index contributed by atoms with van der Waals surface area (Å²) in [5.74, 6) is 1.58. The molecule has 0 unspecified atom stereocenters. The van der Waals surface area contributed by atoms with Crippen LogP contribution in [0.3, 0.4) is 0 Å². The SMILES string of the molecule is CC(C)(C)OC(=O)N1C[C@H]2C[C@H](OCc3c(-c4ccccc4C(F)(F)F)noc3C3CC3)CC[C@H]2C1. The van der Waals surface area contributed by atoms with Crippen LogP contribution in [0, 0.1) is 11.8 Å². The molecule has 6 nitrogen and oxygen atoms in total. The zero-order chi connectivity index (χ0) is 25.7. The van der Waals surface area contributed by atoms with Crippen molar-refractivity contribution < 1.29 is 32.0 Å². The maximum atomic E-state index is 13.7. The number of halogens is 3. The summed E-state index contributed by atoms with van der Waals surface area (Å²) in [5, 5.41) is 4.08. The van der Waals surface area contributed by atoms with Gasteiger partial charge in [0.25, 0.3) is 0 Å². The Morgan fingerprint density at radius 3 is 2.50 bits per heavy atom. The van der Waals surface area contributed by atoms with Gasteiger partial charge in [0.2, 0.25) is 0 Å². The Balaban J connectivity index is 1.28. The largest absolute Gasteiger partial charge is 0.444 e. The molecule has 2 aromatic rings. The number of hydrogen-bond acceptors (Lipinski definition) is 5. The Morgan fingerprint density at radius 1 is 1.08 bits per heavy atom. The monoisotopic (exact) mass is 506 g/mol. The van der Waals surface area contributed by atoms with Crippen molar-refractivity contribution in [3.05, 3.63) is 41.2 Å². The van der Waals surface area contributed by atoms with E-state index in [9.17, 15) is 18.0 Å². The van der Waals surface area contributed by atoms with Gasteiger partial charge < -0.3 is 18.9 Å². The first-order chi connectivity index (χ1) is 17.0. The molecule has 1 saturated heterocycles. The molecule has 0 bridgehead atoms. The number of ether oxygens (including phenoxy) is 2. The van der Waals surface area contributed by atoms with Crippen molar-refractivity contribution in [1.29, 1.82) is 0 Å². The van der Waals surface area contributed by atoms with Gasteiger partial charge in [-0.05, 0) is 70.8 Å². The Morgan fingerprint density at radius 2 is 1.81 bits per heavy atom. The van der Waals surface area contributed by atoms with Crippen molar-refractivity contribution in [2.45, 2.75) is 83.3 Å². The number of carbonyl (C=O) groups excluding carboxylic acids is 1. The van der Waals surface area contributed by atoms with E-state index in [1.165, 1.54) is 12.1 Å². The quantitative estimate of drug-likeness (QED) is 0.447. The molecule has 3 aliphatic rings. The molecule has 0 radical (unpaired) electrons. The van der Waals surface area contributed by atoms with E-state index in [4.69, 9.17) is 14.0 Å². The molecule has 9 heteroatoms. The van der Waals surface area contributed by atoms with Crippen molar-refractivity contribution in [2.24, 2.45) is 11.8 Å². The summed E-state index contributed by atoms with van der Waals surface area (Å²) in [7, 11) is 0. The van der Waals surface area contributed by atoms with E-state index in [0.29, 0.717) is 36.2 Å². The van der Waals surface area contributed by atoms with Crippen LogP contribution in [0.2, 0.25) is 0 Å². The third kappa shape index (κ3) is 5.41. The highest BCUT2D eigenvalue weighted by Crippen LogP contribution is 2.46. The van der Waals surface area contributed by atoms with Gasteiger partial charge in [0.05, 0.1) is 18.3 Å². The van der Waals surface area contributed by atoms with E-state index in [1.807, 2.05) is 20.8 Å². The first-order valence-electron chi connectivity index (χ1n) is 12.7. The second-order valence-corrected chi connectivity index (χ2v) is 11.3. The molecule has 36 heavy (non-hydrogen) atoms. The summed E-state index contributed by atoms with van der Waals surface area (Å²) in [6.45, 7) is 7.08. The van der Waals surface area contributed by atoms with Gasteiger partial charge in [0, 0.05) is 30.1 Å². The van der Waals surface area contributed by atoms with Gasteiger partial charge in [-0.3, -0.25) is 0 Å². The van der Waals surface area contributed by atoms with Crippen LogP contribution in [0.25, 0.3) is 11.3 Å². The zero-order valence-corrected chi connectivity index (χ0v) is 20.9. The van der Waals surface area contributed by atoms with Crippen molar-refractivity contribution in [2.75, 3.05) is 13.1 Å². The molecule has 1 aliphatic heterocycles. The van der Waals surface area contributed by atoms with Gasteiger partial charge in [0.1, 0.15) is 17.1 Å². The minimum Gasteiger partial charge on any atom is -0.444 e. The number of nitrogens with zero attached hydrogens (tertiary/aromatic N) is 2. The lowest BCUT2D eigenvalue weighted by Gasteiger charge is -2.30. The van der Waals surface area contributed by atoms with Crippen LogP contribution in [0.1, 0.15) is 75.7 Å². The van der Waals surface area contributed by atoms with Gasteiger partial charge in [-0.1, -0.05) is 23.4 Å². The molecule has 196 valence electrons. The molecule has 1 aromatic carbocycles. The van der Waals surface area contributed by atoms with E-state index >= 15 is 0 Å². The van der Waals surface area contributed by atoms with E-state index in [-0.39, 0.29) is 36.0 Å². The highest BCUT2D eigenvalue weighted by molar-refractivity contribution is 5.69. The number of rotatable bonds is 5. The summed E-state index contributed by atoms with van der Waals surface area (Å²) in [5.41, 5.74) is -0.396. The number of aromatic nitrogens is 1. The van der Waals surface area contributed by atoms with Crippen LogP contribution in [-0.4, -0.2) is 40.9 Å². The van der Waals surface area contributed by atoms with Gasteiger partial charge in [-0.15, -0.1) is 0 Å². The summed E-state index contributed by atoms with van der Waals surface area (Å²) in [6, 6.07) is 5.47. The highest BCUT2D eigenvalue weighted by atomic mass is 19.4. The fourth-order valence-electron chi connectivity index (χ4n) is 5.49. The van der Waals surface area contributed by atoms with Crippen molar-refractivity contribution in [3.8, 4) is 11.3 Å². The lowest BCUT2D eigenvalue weighted by atomic mass is 9.80. The van der Waals surface area contributed by atoms with E-state index in [1.54, 1.807) is 11.0 Å². The standard InChI is InChI=1S/C27H33F3N2O4/c1-26(2,3)35-25(33)32-13-17-10-11-19(12-18(17)14-32)34-15-21-23(31-36-24(21)16-8-9-16)20-6-4-5-7-22(20)27(28,29)30/h4-7,16-19H,8-15H2,1-3H3/t17-,18+,19+/m0/s1. The number of fused-ring (bicyclic) bond motifs is 1. The predicted molar refractivity (Wildman–Crippen MR) is 126 cm³/mol. The molecule has 1 aromatic heterocycles. The van der Waals surface area contributed by atoms with Gasteiger partial charge in [0.15, 0.2) is 0 Å². The maximum Gasteiger partial charge on any atom is 0.417 e. The smallest absolute Gasteiger partial charge is 0.417 e. The molecule has 5 rings (SSSR count). The van der Waals surface area contributed by atoms with Crippen LogP contribution >= 0.6 is 0 Å². The minimum atomic E-state index is -4.49. The average molecular weight is 507 g/mol. The summed E-state index contributed by atoms with van der Waals surface area (Å²) in [6.07, 6.45) is -0.318. The molecule has 1 amide bonds. The number of benzene rings is 1. The highest BCUT2D eigenvalue weighted by Gasteiger charge is 2.42. The summed E-state index contributed by atoms with van der Waals surface area (Å²) < 4.78 is 58.5. The second-order valence-electron chi connectivity index (χ2n) is 11.3. The van der Waals surface area contributed by atoms with Crippen LogP contribution < -0.4 is 0 Å². The molecule has 2 saturated carbocycles. The maximum absolute atomic E-state index is 13.7. The van der Waals surface area contributed by atoms with Crippen LogP contribution in [0.15, 0.2) is 28.8 Å². The molecule has 3 atom stereocenters. The predicted octanol–water partition coefficient (Wildman–Crippen LogP) is 6.79. The Labute approximate surface area is 209 Å². The Kier molecular flexibility index (Phi) is 6.55. The normalized spacial score (nSPS) is 24.6. The second kappa shape index (κ2) is 9.39. The first kappa shape index (κ1) is 25.1. The molecule has 3 fully saturated rings. The van der Waals surface area contributed by atoms with Crippen LogP contribution in [-0.2, 0) is 22.3 Å². The van der Waals surface area contributed by atoms with Gasteiger partial charge in [-0.25, -0.2) is 4.79 Å². The average Bonchev–Trinajstić information content (AvgIpc) is 3.41. The fraction of sp³-hybridized carbons (Fsp3) is 0.630. The fourth-order valence-corrected chi connectivity index (χ4v) is 5.49. The van der Waals surface area contributed by atoms with Gasteiger partial charge in [-0.2, -0.15) is 13.2 Å². The van der Waals surface area contributed by atoms with Crippen molar-refractivity contribution in [1.82, 2.24) is 10.1 Å². The minimum absolute atomic E-state index is 0.0201. The van der Waals surface area contributed by atoms with Crippen LogP contribution in [0.4, 0.5) is 18.0 Å². The Hall–Kier alpha value is -2.55. The number of carbonyl (C=O) groups is 1. The van der Waals surface area contributed by atoms with E-state index in [0.717, 1.165) is 38.2 Å². The molecule has 0 spiro atoms. The number of alkyl halides is 3. The molecule has 2 heterocycles. The van der Waals surface area contributed by atoms with Crippen molar-refractivity contribution >= 4 is 6.09 Å². The summed E-state index contributed by atoms with van der Waals surface area (Å²) in [4.78, 5) is 14.3. The molecular weight excluding hydrogens is 473 g/mol. The first-order valence-corrected chi connectivity index (χ1v) is 12.7. The number of hydrogen-bond donors (Lipinski definition) is 0. The number of likely N-dealkylation sites (tertiary alicyclic amines) is 1. The molecule has 0 N–H and O–H groups in total. The van der Waals surface area contributed by atoms with Gasteiger partial charge >= 0.3 is 12.3 Å². The molecular formula is C27H33F3N2O4. The lowest BCUT2D eigenvalue weighted by molar-refractivity contribution is -0.137. The van der Waals surface area contributed by atoms with E-state index in [2.05, 4.69) is 5.16 Å². The Bertz CT molecular complexity index is 1100. The van der Waals surface area contributed by atoms with Crippen molar-refractivity contribution in [3.63, 3.8) is 0 Å². The topological polar surface area (TPSA) is 64.8 Å².